The van der Waals surface area contributed by atoms with Gasteiger partial charge in [-0.25, -0.2) is 0 Å². The van der Waals surface area contributed by atoms with Gasteiger partial charge in [-0.1, -0.05) is 6.92 Å². The molecule has 1 aliphatic carbocycles. The summed E-state index contributed by atoms with van der Waals surface area (Å²) in [6.45, 7) is 2.17. The molecule has 2 fully saturated rings. The molecule has 1 saturated carbocycles. The van der Waals surface area contributed by atoms with Crippen molar-refractivity contribution >= 4 is 5.97 Å². The zero-order chi connectivity index (χ0) is 11.0. The molecule has 0 aromatic heterocycles. The lowest BCUT2D eigenvalue weighted by atomic mass is 9.88. The molecule has 4 nitrogen and oxygen atoms in total. The van der Waals surface area contributed by atoms with Crippen LogP contribution in [0.15, 0.2) is 0 Å². The summed E-state index contributed by atoms with van der Waals surface area (Å²) in [5.74, 6) is 0.958. The molecule has 4 heteroatoms. The van der Waals surface area contributed by atoms with E-state index >= 15 is 0 Å². The smallest absolute Gasteiger partial charge is 0.306 e. The molecule has 0 radical (unpaired) electrons. The van der Waals surface area contributed by atoms with Gasteiger partial charge in [0, 0.05) is 26.1 Å². The van der Waals surface area contributed by atoms with E-state index < -0.39 is 0 Å². The lowest BCUT2D eigenvalue weighted by Gasteiger charge is -2.27. The van der Waals surface area contributed by atoms with Gasteiger partial charge in [0.2, 0.25) is 0 Å². The minimum atomic E-state index is -0.218. The highest BCUT2D eigenvalue weighted by atomic mass is 16.7. The molecule has 1 saturated heterocycles. The van der Waals surface area contributed by atoms with Gasteiger partial charge in [0.05, 0.1) is 6.42 Å². The Bertz CT molecular complexity index is 249. The van der Waals surface area contributed by atoms with Crippen molar-refractivity contribution in [1.29, 1.82) is 0 Å². The minimum Gasteiger partial charge on any atom is -0.462 e. The second kappa shape index (κ2) is 4.10. The summed E-state index contributed by atoms with van der Waals surface area (Å²) in [6, 6.07) is 0. The third-order valence-electron chi connectivity index (χ3n) is 3.70. The van der Waals surface area contributed by atoms with Crippen LogP contribution < -0.4 is 0 Å². The molecule has 2 rings (SSSR count). The van der Waals surface area contributed by atoms with Crippen molar-refractivity contribution in [3.05, 3.63) is 0 Å². The Kier molecular flexibility index (Phi) is 2.98. The van der Waals surface area contributed by atoms with Crippen LogP contribution in [0.3, 0.4) is 0 Å². The van der Waals surface area contributed by atoms with Crippen LogP contribution >= 0.6 is 0 Å². The number of hydrogen-bond donors (Lipinski definition) is 0. The summed E-state index contributed by atoms with van der Waals surface area (Å²) in [5.41, 5.74) is 0. The van der Waals surface area contributed by atoms with Gasteiger partial charge in [0.1, 0.15) is 6.10 Å². The zero-order valence-corrected chi connectivity index (χ0v) is 9.43. The fourth-order valence-corrected chi connectivity index (χ4v) is 3.06. The van der Waals surface area contributed by atoms with Gasteiger partial charge in [0.15, 0.2) is 6.29 Å². The average Bonchev–Trinajstić information content (AvgIpc) is 2.66. The molecule has 1 aliphatic heterocycles. The van der Waals surface area contributed by atoms with E-state index in [0.717, 1.165) is 6.42 Å². The summed E-state index contributed by atoms with van der Waals surface area (Å²) in [7, 11) is 3.29. The Labute approximate surface area is 89.9 Å². The van der Waals surface area contributed by atoms with Crippen LogP contribution in [-0.2, 0) is 19.0 Å². The Morgan fingerprint density at radius 1 is 1.40 bits per heavy atom. The van der Waals surface area contributed by atoms with E-state index in [0.29, 0.717) is 12.3 Å². The van der Waals surface area contributed by atoms with Gasteiger partial charge >= 0.3 is 5.97 Å². The largest absolute Gasteiger partial charge is 0.462 e. The van der Waals surface area contributed by atoms with Crippen molar-refractivity contribution in [3.63, 3.8) is 0 Å². The topological polar surface area (TPSA) is 44.8 Å². The number of fused-ring (bicyclic) bond motifs is 1. The molecule has 1 heterocycles. The van der Waals surface area contributed by atoms with Gasteiger partial charge in [-0.2, -0.15) is 0 Å². The highest BCUT2D eigenvalue weighted by molar-refractivity contribution is 5.72. The van der Waals surface area contributed by atoms with E-state index in [1.807, 2.05) is 0 Å². The van der Waals surface area contributed by atoms with Crippen LogP contribution in [-0.4, -0.2) is 32.6 Å². The molecule has 4 atom stereocenters. The lowest BCUT2D eigenvalue weighted by molar-refractivity contribution is -0.153. The van der Waals surface area contributed by atoms with Crippen LogP contribution in [0.1, 0.15) is 19.8 Å². The van der Waals surface area contributed by atoms with Crippen LogP contribution in [0.2, 0.25) is 0 Å². The first-order valence-corrected chi connectivity index (χ1v) is 5.42. The Morgan fingerprint density at radius 2 is 2.07 bits per heavy atom. The second-order valence-electron chi connectivity index (χ2n) is 4.53. The number of methoxy groups -OCH3 is 2. The SMILES string of the molecule is COC(OC)C1[C@H](C)C[C@@H]2OC(=O)C[C@H]12. The van der Waals surface area contributed by atoms with Gasteiger partial charge in [-0.05, 0) is 12.3 Å². The van der Waals surface area contributed by atoms with Crippen LogP contribution in [0.4, 0.5) is 0 Å². The Hall–Kier alpha value is -0.610. The predicted octanol–water partition coefficient (Wildman–Crippen LogP) is 1.19. The first kappa shape index (κ1) is 10.9. The molecule has 0 bridgehead atoms. The Morgan fingerprint density at radius 3 is 2.67 bits per heavy atom. The molecule has 1 unspecified atom stereocenters. The third-order valence-corrected chi connectivity index (χ3v) is 3.70. The molecular weight excluding hydrogens is 196 g/mol. The molecule has 0 spiro atoms. The maximum Gasteiger partial charge on any atom is 0.306 e. The van der Waals surface area contributed by atoms with Crippen molar-refractivity contribution in [1.82, 2.24) is 0 Å². The maximum atomic E-state index is 11.2. The summed E-state index contributed by atoms with van der Waals surface area (Å²) in [4.78, 5) is 11.2. The fraction of sp³-hybridized carbons (Fsp3) is 0.909. The molecule has 0 aromatic rings. The number of hydrogen-bond acceptors (Lipinski definition) is 4. The molecule has 15 heavy (non-hydrogen) atoms. The molecule has 0 aromatic carbocycles. The van der Waals surface area contributed by atoms with Crippen LogP contribution in [0.5, 0.6) is 0 Å². The van der Waals surface area contributed by atoms with E-state index in [2.05, 4.69) is 6.92 Å². The molecule has 2 aliphatic rings. The summed E-state index contributed by atoms with van der Waals surface area (Å²) < 4.78 is 15.9. The second-order valence-corrected chi connectivity index (χ2v) is 4.53. The highest BCUT2D eigenvalue weighted by Crippen LogP contribution is 2.46. The first-order valence-electron chi connectivity index (χ1n) is 5.42. The first-order chi connectivity index (χ1) is 7.17. The van der Waals surface area contributed by atoms with E-state index in [9.17, 15) is 4.79 Å². The highest BCUT2D eigenvalue weighted by Gasteiger charge is 2.51. The van der Waals surface area contributed by atoms with Crippen LogP contribution in [0, 0.1) is 17.8 Å². The van der Waals surface area contributed by atoms with Crippen molar-refractivity contribution in [2.45, 2.75) is 32.2 Å². The number of ether oxygens (including phenoxy) is 3. The lowest BCUT2D eigenvalue weighted by Crippen LogP contribution is -2.32. The number of carbonyl (C=O) groups excluding carboxylic acids is 1. The third kappa shape index (κ3) is 1.76. The monoisotopic (exact) mass is 214 g/mol. The van der Waals surface area contributed by atoms with Gasteiger partial charge in [-0.15, -0.1) is 0 Å². The fourth-order valence-electron chi connectivity index (χ4n) is 3.06. The number of rotatable bonds is 3. The summed E-state index contributed by atoms with van der Waals surface area (Å²) >= 11 is 0. The summed E-state index contributed by atoms with van der Waals surface area (Å²) in [6.07, 6.45) is 1.32. The molecule has 0 amide bonds. The van der Waals surface area contributed by atoms with Crippen molar-refractivity contribution in [2.24, 2.45) is 17.8 Å². The zero-order valence-electron chi connectivity index (χ0n) is 9.43. The standard InChI is InChI=1S/C11H18O4/c1-6-4-8-7(5-9(12)15-8)10(6)11(13-2)14-3/h6-8,10-11H,4-5H2,1-3H3/t6-,7+,8+,10?/m1/s1. The van der Waals surface area contributed by atoms with E-state index in [1.54, 1.807) is 14.2 Å². The maximum absolute atomic E-state index is 11.2. The van der Waals surface area contributed by atoms with E-state index in [-0.39, 0.29) is 30.2 Å². The van der Waals surface area contributed by atoms with Crippen molar-refractivity contribution < 1.29 is 19.0 Å². The van der Waals surface area contributed by atoms with E-state index in [4.69, 9.17) is 14.2 Å². The van der Waals surface area contributed by atoms with Crippen molar-refractivity contribution in [3.8, 4) is 0 Å². The quantitative estimate of drug-likeness (QED) is 0.523. The number of carbonyl (C=O) groups is 1. The minimum absolute atomic E-state index is 0.0761. The normalized spacial score (nSPS) is 39.6. The van der Waals surface area contributed by atoms with Gasteiger partial charge < -0.3 is 14.2 Å². The average molecular weight is 214 g/mol. The summed E-state index contributed by atoms with van der Waals surface area (Å²) in [5, 5.41) is 0. The predicted molar refractivity (Wildman–Crippen MR) is 53.1 cm³/mol. The van der Waals surface area contributed by atoms with Crippen molar-refractivity contribution in [2.75, 3.05) is 14.2 Å². The van der Waals surface area contributed by atoms with Gasteiger partial charge in [-0.3, -0.25) is 4.79 Å². The molecule has 86 valence electrons. The molecule has 0 N–H and O–H groups in total. The number of esters is 1. The van der Waals surface area contributed by atoms with E-state index in [1.165, 1.54) is 0 Å². The van der Waals surface area contributed by atoms with Gasteiger partial charge in [0.25, 0.3) is 0 Å². The Balaban J connectivity index is 2.12. The van der Waals surface area contributed by atoms with Crippen LogP contribution in [0.25, 0.3) is 0 Å². The molecular formula is C11H18O4.